The fourth-order valence-electron chi connectivity index (χ4n) is 2.55. The molecule has 2 aromatic carbocycles. The highest BCUT2D eigenvalue weighted by Gasteiger charge is 2.19. The predicted octanol–water partition coefficient (Wildman–Crippen LogP) is 2.23. The molecule has 3 rings (SSSR count). The van der Waals surface area contributed by atoms with Gasteiger partial charge >= 0.3 is 0 Å². The molecule has 0 unspecified atom stereocenters. The number of carbonyl (C=O) groups is 1. The molecule has 3 aromatic rings. The first-order chi connectivity index (χ1) is 12.0. The lowest BCUT2D eigenvalue weighted by Gasteiger charge is -2.21. The topological polar surface area (TPSA) is 80.0 Å². The number of hydrogen-bond acceptors (Lipinski definition) is 4. The van der Waals surface area contributed by atoms with Gasteiger partial charge in [0.1, 0.15) is 0 Å². The van der Waals surface area contributed by atoms with E-state index in [1.165, 1.54) is 5.39 Å². The molecule has 0 aliphatic heterocycles. The van der Waals surface area contributed by atoms with Crippen LogP contribution in [0.15, 0.2) is 48.7 Å². The molecule has 0 bridgehead atoms. The number of aromatic nitrogens is 3. The Morgan fingerprint density at radius 3 is 2.76 bits per heavy atom. The summed E-state index contributed by atoms with van der Waals surface area (Å²) in [5.41, 5.74) is 1.03. The third kappa shape index (κ3) is 4.03. The van der Waals surface area contributed by atoms with Crippen LogP contribution in [-0.2, 0) is 6.54 Å². The summed E-state index contributed by atoms with van der Waals surface area (Å²) in [6, 6.07) is 14.3. The molecule has 0 spiro atoms. The van der Waals surface area contributed by atoms with E-state index in [0.717, 1.165) is 10.9 Å². The van der Waals surface area contributed by atoms with Crippen molar-refractivity contribution in [1.82, 2.24) is 20.3 Å². The van der Waals surface area contributed by atoms with Gasteiger partial charge in [0.2, 0.25) is 0 Å². The second-order valence-electron chi connectivity index (χ2n) is 6.94. The summed E-state index contributed by atoms with van der Waals surface area (Å²) in [6.07, 6.45) is 1.64. The molecule has 6 heteroatoms. The first kappa shape index (κ1) is 17.1. The Labute approximate surface area is 146 Å². The molecule has 0 aliphatic carbocycles. The van der Waals surface area contributed by atoms with Gasteiger partial charge in [-0.25, -0.2) is 4.68 Å². The maximum atomic E-state index is 12.2. The first-order valence-corrected chi connectivity index (χ1v) is 8.24. The molecular weight excluding hydrogens is 316 g/mol. The van der Waals surface area contributed by atoms with E-state index in [1.54, 1.807) is 10.9 Å². The minimum absolute atomic E-state index is 0.00104. The number of aliphatic hydroxyl groups excluding tert-OH is 1. The van der Waals surface area contributed by atoms with Gasteiger partial charge in [0.25, 0.3) is 5.91 Å². The summed E-state index contributed by atoms with van der Waals surface area (Å²) in [5, 5.41) is 22.4. The first-order valence-electron chi connectivity index (χ1n) is 8.24. The van der Waals surface area contributed by atoms with Gasteiger partial charge in [-0.05, 0) is 16.3 Å². The molecule has 2 N–H and O–H groups in total. The summed E-state index contributed by atoms with van der Waals surface area (Å²) in [4.78, 5) is 12.2. The van der Waals surface area contributed by atoms with Gasteiger partial charge in [-0.1, -0.05) is 61.5 Å². The third-order valence-corrected chi connectivity index (χ3v) is 4.14. The van der Waals surface area contributed by atoms with Crippen molar-refractivity contribution in [3.05, 3.63) is 59.9 Å². The Kier molecular flexibility index (Phi) is 4.81. The van der Waals surface area contributed by atoms with Crippen LogP contribution in [0.2, 0.25) is 0 Å². The quantitative estimate of drug-likeness (QED) is 0.722. The molecule has 6 nitrogen and oxygen atoms in total. The molecule has 1 aromatic heterocycles. The molecule has 1 amide bonds. The van der Waals surface area contributed by atoms with E-state index in [-0.39, 0.29) is 23.6 Å². The number of rotatable bonds is 6. The average Bonchev–Trinajstić information content (AvgIpc) is 3.09. The highest BCUT2D eigenvalue weighted by molar-refractivity contribution is 5.91. The zero-order valence-electron chi connectivity index (χ0n) is 14.4. The van der Waals surface area contributed by atoms with Crippen LogP contribution in [0, 0.1) is 5.41 Å². The lowest BCUT2D eigenvalue weighted by molar-refractivity contribution is 0.0906. The number of benzene rings is 2. The van der Waals surface area contributed by atoms with Gasteiger partial charge in [-0.2, -0.15) is 0 Å². The van der Waals surface area contributed by atoms with Gasteiger partial charge in [0.05, 0.1) is 12.7 Å². The fraction of sp³-hybridized carbons (Fsp3) is 0.316. The van der Waals surface area contributed by atoms with Crippen molar-refractivity contribution in [3.63, 3.8) is 0 Å². The Hall–Kier alpha value is -2.73. The number of aliphatic hydroxyl groups is 1. The number of nitrogens with zero attached hydrogens (tertiary/aromatic N) is 3. The van der Waals surface area contributed by atoms with Crippen molar-refractivity contribution < 1.29 is 9.90 Å². The van der Waals surface area contributed by atoms with Crippen LogP contribution in [0.1, 0.15) is 29.9 Å². The lowest BCUT2D eigenvalue weighted by Crippen LogP contribution is -2.36. The Balaban J connectivity index is 1.72. The van der Waals surface area contributed by atoms with Gasteiger partial charge in [0, 0.05) is 18.6 Å². The maximum absolute atomic E-state index is 12.2. The van der Waals surface area contributed by atoms with Gasteiger partial charge in [0.15, 0.2) is 5.69 Å². The van der Waals surface area contributed by atoms with E-state index in [1.807, 2.05) is 38.1 Å². The zero-order chi connectivity index (χ0) is 17.9. The number of carbonyl (C=O) groups excluding carboxylic acids is 1. The van der Waals surface area contributed by atoms with Crippen molar-refractivity contribution >= 4 is 16.7 Å². The molecule has 0 aliphatic rings. The van der Waals surface area contributed by atoms with Gasteiger partial charge in [-0.3, -0.25) is 4.79 Å². The smallest absolute Gasteiger partial charge is 0.273 e. The Bertz CT molecular complexity index is 881. The largest absolute Gasteiger partial charge is 0.396 e. The van der Waals surface area contributed by atoms with E-state index in [2.05, 4.69) is 33.8 Å². The zero-order valence-corrected chi connectivity index (χ0v) is 14.4. The van der Waals surface area contributed by atoms with Crippen LogP contribution in [-0.4, -0.2) is 39.2 Å². The number of nitrogens with one attached hydrogen (secondary N) is 1. The minimum Gasteiger partial charge on any atom is -0.396 e. The minimum atomic E-state index is -0.366. The van der Waals surface area contributed by atoms with Crippen LogP contribution in [0.5, 0.6) is 0 Å². The monoisotopic (exact) mass is 338 g/mol. The molecule has 0 radical (unpaired) electrons. The molecule has 130 valence electrons. The average molecular weight is 338 g/mol. The molecule has 1 heterocycles. The highest BCUT2D eigenvalue weighted by atomic mass is 16.3. The Morgan fingerprint density at radius 2 is 1.96 bits per heavy atom. The van der Waals surface area contributed by atoms with E-state index in [0.29, 0.717) is 13.1 Å². The van der Waals surface area contributed by atoms with E-state index >= 15 is 0 Å². The summed E-state index contributed by atoms with van der Waals surface area (Å²) < 4.78 is 1.66. The molecular formula is C19H22N4O2. The van der Waals surface area contributed by atoms with Crippen LogP contribution in [0.25, 0.3) is 10.8 Å². The Morgan fingerprint density at radius 1 is 1.20 bits per heavy atom. The molecule has 25 heavy (non-hydrogen) atoms. The number of amides is 1. The molecule has 0 atom stereocenters. The third-order valence-electron chi connectivity index (χ3n) is 4.14. The summed E-state index contributed by atoms with van der Waals surface area (Å²) >= 11 is 0. The molecule has 0 saturated carbocycles. The van der Waals surface area contributed by atoms with Gasteiger partial charge in [-0.15, -0.1) is 5.10 Å². The van der Waals surface area contributed by atoms with Crippen molar-refractivity contribution in [1.29, 1.82) is 0 Å². The molecule has 0 fully saturated rings. The van der Waals surface area contributed by atoms with Crippen LogP contribution in [0.4, 0.5) is 0 Å². The standard InChI is InChI=1S/C19H22N4O2/c1-19(2,13-24)12-20-18(25)17-11-23(22-21-17)10-15-8-5-7-14-6-3-4-9-16(14)15/h3-9,11,24H,10,12-13H2,1-2H3,(H,20,25). The van der Waals surface area contributed by atoms with Crippen molar-refractivity contribution in [2.45, 2.75) is 20.4 Å². The summed E-state index contributed by atoms with van der Waals surface area (Å²) in [5.74, 6) is -0.286. The van der Waals surface area contributed by atoms with Crippen LogP contribution < -0.4 is 5.32 Å². The predicted molar refractivity (Wildman–Crippen MR) is 96.3 cm³/mol. The fourth-order valence-corrected chi connectivity index (χ4v) is 2.55. The maximum Gasteiger partial charge on any atom is 0.273 e. The van der Waals surface area contributed by atoms with Gasteiger partial charge < -0.3 is 10.4 Å². The summed E-state index contributed by atoms with van der Waals surface area (Å²) in [6.45, 7) is 4.68. The lowest BCUT2D eigenvalue weighted by atomic mass is 9.95. The van der Waals surface area contributed by atoms with Crippen LogP contribution >= 0.6 is 0 Å². The summed E-state index contributed by atoms with van der Waals surface area (Å²) in [7, 11) is 0. The van der Waals surface area contributed by atoms with Crippen molar-refractivity contribution in [3.8, 4) is 0 Å². The van der Waals surface area contributed by atoms with Crippen LogP contribution in [0.3, 0.4) is 0 Å². The second kappa shape index (κ2) is 7.03. The van der Waals surface area contributed by atoms with E-state index < -0.39 is 0 Å². The van der Waals surface area contributed by atoms with Crippen molar-refractivity contribution in [2.75, 3.05) is 13.2 Å². The van der Waals surface area contributed by atoms with E-state index in [4.69, 9.17) is 0 Å². The molecule has 0 saturated heterocycles. The number of hydrogen-bond donors (Lipinski definition) is 2. The number of fused-ring (bicyclic) bond motifs is 1. The highest BCUT2D eigenvalue weighted by Crippen LogP contribution is 2.19. The normalized spacial score (nSPS) is 11.6. The van der Waals surface area contributed by atoms with Crippen molar-refractivity contribution in [2.24, 2.45) is 5.41 Å². The SMILES string of the molecule is CC(C)(CO)CNC(=O)c1cn(Cc2cccc3ccccc23)nn1. The van der Waals surface area contributed by atoms with E-state index in [9.17, 15) is 9.90 Å². The second-order valence-corrected chi connectivity index (χ2v) is 6.94.